The third-order valence-corrected chi connectivity index (χ3v) is 6.10. The van der Waals surface area contributed by atoms with E-state index >= 15 is 0 Å². The first-order chi connectivity index (χ1) is 9.97. The summed E-state index contributed by atoms with van der Waals surface area (Å²) in [6, 6.07) is 10.1. The molecule has 0 aliphatic carbocycles. The number of sulfone groups is 1. The van der Waals surface area contributed by atoms with Crippen LogP contribution in [-0.4, -0.2) is 20.1 Å². The Labute approximate surface area is 127 Å². The van der Waals surface area contributed by atoms with Crippen molar-refractivity contribution in [2.75, 3.05) is 16.8 Å². The lowest BCUT2D eigenvalue weighted by Gasteiger charge is -2.05. The maximum Gasteiger partial charge on any atom is 0.224 e. The van der Waals surface area contributed by atoms with Gasteiger partial charge in [-0.1, -0.05) is 6.07 Å². The van der Waals surface area contributed by atoms with Gasteiger partial charge in [-0.25, -0.2) is 8.42 Å². The zero-order chi connectivity index (χ0) is 15.3. The van der Waals surface area contributed by atoms with Gasteiger partial charge in [0.25, 0.3) is 0 Å². The van der Waals surface area contributed by atoms with Crippen molar-refractivity contribution in [2.24, 2.45) is 0 Å². The van der Waals surface area contributed by atoms with Crippen molar-refractivity contribution in [2.45, 2.75) is 17.1 Å². The molecule has 7 heteroatoms. The molecule has 0 aliphatic rings. The molecule has 0 fully saturated rings. The molecule has 0 atom stereocenters. The van der Waals surface area contributed by atoms with Crippen molar-refractivity contribution < 1.29 is 13.2 Å². The first-order valence-corrected chi connectivity index (χ1v) is 8.92. The zero-order valence-electron chi connectivity index (χ0n) is 11.3. The van der Waals surface area contributed by atoms with Gasteiger partial charge in [-0.3, -0.25) is 4.79 Å². The Kier molecular flexibility index (Phi) is 4.98. The average molecular weight is 324 g/mol. The van der Waals surface area contributed by atoms with E-state index in [1.807, 2.05) is 0 Å². The number of nitrogens with two attached hydrogens (primary N) is 1. The van der Waals surface area contributed by atoms with Crippen LogP contribution in [0.25, 0.3) is 0 Å². The molecule has 1 heterocycles. The zero-order valence-corrected chi connectivity index (χ0v) is 12.9. The fourth-order valence-corrected chi connectivity index (χ4v) is 4.22. The molecule has 3 N–H and O–H groups in total. The van der Waals surface area contributed by atoms with Crippen LogP contribution in [0.5, 0.6) is 0 Å². The second-order valence-corrected chi connectivity index (χ2v) is 7.81. The predicted octanol–water partition coefficient (Wildman–Crippen LogP) is 2.52. The Balaban J connectivity index is 1.81. The molecule has 5 nitrogen and oxygen atoms in total. The van der Waals surface area contributed by atoms with E-state index in [0.29, 0.717) is 22.0 Å². The van der Waals surface area contributed by atoms with Gasteiger partial charge in [0.05, 0.1) is 5.75 Å². The van der Waals surface area contributed by atoms with Crippen molar-refractivity contribution in [3.8, 4) is 0 Å². The lowest BCUT2D eigenvalue weighted by Crippen LogP contribution is -2.14. The topological polar surface area (TPSA) is 89.3 Å². The summed E-state index contributed by atoms with van der Waals surface area (Å²) < 4.78 is 24.2. The van der Waals surface area contributed by atoms with E-state index < -0.39 is 9.84 Å². The van der Waals surface area contributed by atoms with Crippen LogP contribution in [0.15, 0.2) is 46.0 Å². The monoisotopic (exact) mass is 324 g/mol. The summed E-state index contributed by atoms with van der Waals surface area (Å²) in [5, 5.41) is 4.43. The summed E-state index contributed by atoms with van der Waals surface area (Å²) >= 11 is 1.19. The Morgan fingerprint density at radius 1 is 1.19 bits per heavy atom. The highest BCUT2D eigenvalue weighted by Crippen LogP contribution is 2.18. The van der Waals surface area contributed by atoms with Crippen molar-refractivity contribution in [1.29, 1.82) is 0 Å². The molecule has 112 valence electrons. The average Bonchev–Trinajstić information content (AvgIpc) is 2.96. The molecule has 0 saturated carbocycles. The maximum atomic E-state index is 11.9. The molecule has 21 heavy (non-hydrogen) atoms. The van der Waals surface area contributed by atoms with E-state index in [4.69, 9.17) is 5.73 Å². The fourth-order valence-electron chi connectivity index (χ4n) is 1.75. The lowest BCUT2D eigenvalue weighted by molar-refractivity contribution is -0.116. The predicted molar refractivity (Wildman–Crippen MR) is 85.1 cm³/mol. The van der Waals surface area contributed by atoms with Gasteiger partial charge in [-0.2, -0.15) is 0 Å². The number of thiophene rings is 1. The largest absolute Gasteiger partial charge is 0.399 e. The van der Waals surface area contributed by atoms with Crippen molar-refractivity contribution in [1.82, 2.24) is 0 Å². The summed E-state index contributed by atoms with van der Waals surface area (Å²) in [5.41, 5.74) is 6.82. The van der Waals surface area contributed by atoms with Gasteiger partial charge in [-0.05, 0) is 42.1 Å². The van der Waals surface area contributed by atoms with Crippen LogP contribution in [0.2, 0.25) is 0 Å². The number of amides is 1. The Bertz CT molecular complexity index is 692. The molecule has 2 aromatic rings. The lowest BCUT2D eigenvalue weighted by atomic mass is 10.2. The molecule has 0 bridgehead atoms. The number of carbonyl (C=O) groups is 1. The van der Waals surface area contributed by atoms with Crippen molar-refractivity contribution in [3.63, 3.8) is 0 Å². The van der Waals surface area contributed by atoms with E-state index in [0.717, 1.165) is 0 Å². The van der Waals surface area contributed by atoms with Gasteiger partial charge in [0.15, 0.2) is 9.84 Å². The minimum atomic E-state index is -3.27. The highest BCUT2D eigenvalue weighted by molar-refractivity contribution is 7.93. The Morgan fingerprint density at radius 2 is 1.90 bits per heavy atom. The summed E-state index contributed by atoms with van der Waals surface area (Å²) in [7, 11) is -3.27. The molecular weight excluding hydrogens is 308 g/mol. The Morgan fingerprint density at radius 3 is 2.52 bits per heavy atom. The maximum absolute atomic E-state index is 11.9. The van der Waals surface area contributed by atoms with Gasteiger partial charge < -0.3 is 11.1 Å². The molecule has 0 spiro atoms. The highest BCUT2D eigenvalue weighted by atomic mass is 32.2. The quantitative estimate of drug-likeness (QED) is 0.799. The number of anilines is 2. The van der Waals surface area contributed by atoms with Crippen molar-refractivity contribution in [3.05, 3.63) is 41.8 Å². The smallest absolute Gasteiger partial charge is 0.224 e. The van der Waals surface area contributed by atoms with Crippen LogP contribution in [0.3, 0.4) is 0 Å². The van der Waals surface area contributed by atoms with Crippen LogP contribution in [0.4, 0.5) is 11.4 Å². The van der Waals surface area contributed by atoms with Crippen LogP contribution < -0.4 is 11.1 Å². The molecule has 0 saturated heterocycles. The highest BCUT2D eigenvalue weighted by Gasteiger charge is 2.15. The second-order valence-electron chi connectivity index (χ2n) is 4.52. The summed E-state index contributed by atoms with van der Waals surface area (Å²) in [6.07, 6.45) is 0.454. The van der Waals surface area contributed by atoms with Crippen molar-refractivity contribution >= 4 is 38.5 Å². The van der Waals surface area contributed by atoms with Crippen LogP contribution >= 0.6 is 11.3 Å². The number of nitrogen functional groups attached to an aromatic ring is 1. The summed E-state index contributed by atoms with van der Waals surface area (Å²) in [5.74, 6) is -0.232. The van der Waals surface area contributed by atoms with Gasteiger partial charge in [0.1, 0.15) is 4.21 Å². The van der Waals surface area contributed by atoms with E-state index in [1.165, 1.54) is 11.3 Å². The van der Waals surface area contributed by atoms with Crippen LogP contribution in [-0.2, 0) is 14.6 Å². The molecule has 1 aromatic heterocycles. The number of hydrogen-bond acceptors (Lipinski definition) is 5. The first-order valence-electron chi connectivity index (χ1n) is 6.39. The second kappa shape index (κ2) is 6.73. The summed E-state index contributed by atoms with van der Waals surface area (Å²) in [4.78, 5) is 11.7. The van der Waals surface area contributed by atoms with Gasteiger partial charge >= 0.3 is 0 Å². The molecule has 0 unspecified atom stereocenters. The van der Waals surface area contributed by atoms with Gasteiger partial charge in [-0.15, -0.1) is 11.3 Å². The Hall–Kier alpha value is -1.86. The first kappa shape index (κ1) is 15.5. The van der Waals surface area contributed by atoms with E-state index in [9.17, 15) is 13.2 Å². The van der Waals surface area contributed by atoms with Crippen LogP contribution in [0.1, 0.15) is 12.8 Å². The molecular formula is C14H16N2O3S2. The van der Waals surface area contributed by atoms with Gasteiger partial charge in [0.2, 0.25) is 5.91 Å². The number of carbonyl (C=O) groups excluding carboxylic acids is 1. The van der Waals surface area contributed by atoms with E-state index in [1.54, 1.807) is 41.8 Å². The summed E-state index contributed by atoms with van der Waals surface area (Å²) in [6.45, 7) is 0. The molecule has 0 radical (unpaired) electrons. The number of benzene rings is 1. The van der Waals surface area contributed by atoms with E-state index in [-0.39, 0.29) is 18.1 Å². The standard InChI is InChI=1S/C14H16N2O3S2/c15-11-5-7-12(8-6-11)16-13(17)3-2-10-21(18,19)14-4-1-9-20-14/h1,4-9H,2-3,10,15H2,(H,16,17). The van der Waals surface area contributed by atoms with E-state index in [2.05, 4.69) is 5.32 Å². The third-order valence-electron chi connectivity index (χ3n) is 2.81. The fraction of sp³-hybridized carbons (Fsp3) is 0.214. The SMILES string of the molecule is Nc1ccc(NC(=O)CCCS(=O)(=O)c2cccs2)cc1. The number of hydrogen-bond donors (Lipinski definition) is 2. The number of nitrogens with one attached hydrogen (secondary N) is 1. The molecule has 2 rings (SSSR count). The van der Waals surface area contributed by atoms with Gasteiger partial charge in [0, 0.05) is 17.8 Å². The van der Waals surface area contributed by atoms with Crippen LogP contribution in [0, 0.1) is 0 Å². The third kappa shape index (κ3) is 4.57. The minimum Gasteiger partial charge on any atom is -0.399 e. The molecule has 1 amide bonds. The number of rotatable bonds is 6. The molecule has 0 aliphatic heterocycles. The minimum absolute atomic E-state index is 0.0251. The molecule has 1 aromatic carbocycles. The normalized spacial score (nSPS) is 11.2.